The van der Waals surface area contributed by atoms with Crippen LogP contribution in [-0.2, 0) is 11.3 Å². The van der Waals surface area contributed by atoms with E-state index in [-0.39, 0.29) is 35.5 Å². The molecule has 8 nitrogen and oxygen atoms in total. The Hall–Kier alpha value is -3.26. The van der Waals surface area contributed by atoms with Crippen molar-refractivity contribution in [1.29, 1.82) is 0 Å². The van der Waals surface area contributed by atoms with Gasteiger partial charge in [0.05, 0.1) is 13.7 Å². The Kier molecular flexibility index (Phi) is 7.51. The summed E-state index contributed by atoms with van der Waals surface area (Å²) in [6.45, 7) is 13.2. The number of urea groups is 1. The maximum atomic E-state index is 13.0. The van der Waals surface area contributed by atoms with Crippen LogP contribution in [0.1, 0.15) is 63.1 Å². The van der Waals surface area contributed by atoms with Crippen molar-refractivity contribution in [2.45, 2.75) is 84.5 Å². The van der Waals surface area contributed by atoms with Gasteiger partial charge in [-0.05, 0) is 89.6 Å². The number of carbonyl (C=O) groups excluding carboxylic acids is 2. The lowest BCUT2D eigenvalue weighted by Crippen LogP contribution is -2.60. The van der Waals surface area contributed by atoms with E-state index in [4.69, 9.17) is 9.47 Å². The number of nitrogens with zero attached hydrogens (tertiary/aromatic N) is 2. The fourth-order valence-electron chi connectivity index (χ4n) is 5.94. The molecule has 2 aromatic rings. The summed E-state index contributed by atoms with van der Waals surface area (Å²) in [5.74, 6) is 1.63. The average molecular weight is 535 g/mol. The topological polar surface area (TPSA) is 83.1 Å². The molecule has 2 aliphatic heterocycles. The van der Waals surface area contributed by atoms with Gasteiger partial charge in [-0.25, -0.2) is 4.79 Å². The maximum absolute atomic E-state index is 13.0. The first-order chi connectivity index (χ1) is 18.5. The average Bonchev–Trinajstić information content (AvgIpc) is 2.87. The van der Waals surface area contributed by atoms with Crippen molar-refractivity contribution in [3.63, 3.8) is 0 Å². The predicted octanol–water partition coefficient (Wildman–Crippen LogP) is 5.72. The molecule has 1 aliphatic carbocycles. The van der Waals surface area contributed by atoms with Gasteiger partial charge in [-0.3, -0.25) is 9.69 Å². The maximum Gasteiger partial charge on any atom is 0.322 e. The van der Waals surface area contributed by atoms with Crippen LogP contribution in [0.5, 0.6) is 11.5 Å². The first-order valence-electron chi connectivity index (χ1n) is 14.1. The number of amides is 3. The molecule has 0 spiro atoms. The number of carbonyl (C=O) groups is 2. The van der Waals surface area contributed by atoms with E-state index in [2.05, 4.69) is 43.2 Å². The van der Waals surface area contributed by atoms with E-state index < -0.39 is 0 Å². The van der Waals surface area contributed by atoms with Gasteiger partial charge in [0, 0.05) is 53.6 Å². The molecule has 5 rings (SSSR count). The second kappa shape index (κ2) is 10.7. The summed E-state index contributed by atoms with van der Waals surface area (Å²) in [6.07, 6.45) is 3.31. The van der Waals surface area contributed by atoms with Crippen molar-refractivity contribution < 1.29 is 19.1 Å². The summed E-state index contributed by atoms with van der Waals surface area (Å²) in [7, 11) is 1.63. The Balaban J connectivity index is 1.18. The molecule has 2 aromatic carbocycles. The molecule has 0 bridgehead atoms. The van der Waals surface area contributed by atoms with E-state index in [1.165, 1.54) is 0 Å². The quantitative estimate of drug-likeness (QED) is 0.495. The lowest BCUT2D eigenvalue weighted by molar-refractivity contribution is -0.121. The van der Waals surface area contributed by atoms with E-state index in [1.807, 2.05) is 42.2 Å². The van der Waals surface area contributed by atoms with Crippen LogP contribution in [0.15, 0.2) is 30.3 Å². The van der Waals surface area contributed by atoms with Gasteiger partial charge in [0.15, 0.2) is 0 Å². The second-order valence-electron chi connectivity index (χ2n) is 12.3. The minimum Gasteiger partial charge on any atom is -0.496 e. The third kappa shape index (κ3) is 5.71. The number of hydrogen-bond donors (Lipinski definition) is 2. The minimum atomic E-state index is -0.0643. The van der Waals surface area contributed by atoms with E-state index in [9.17, 15) is 9.59 Å². The summed E-state index contributed by atoms with van der Waals surface area (Å²) in [5, 5.41) is 6.15. The van der Waals surface area contributed by atoms with Crippen LogP contribution in [0.25, 0.3) is 0 Å². The Morgan fingerprint density at radius 2 is 1.74 bits per heavy atom. The van der Waals surface area contributed by atoms with Crippen LogP contribution in [0, 0.1) is 19.8 Å². The highest BCUT2D eigenvalue weighted by molar-refractivity contribution is 5.94. The van der Waals surface area contributed by atoms with Gasteiger partial charge in [0.1, 0.15) is 17.6 Å². The third-order valence-electron chi connectivity index (χ3n) is 8.65. The monoisotopic (exact) mass is 534 g/mol. The van der Waals surface area contributed by atoms with Crippen molar-refractivity contribution in [3.05, 3.63) is 47.0 Å². The zero-order valence-electron chi connectivity index (χ0n) is 24.1. The zero-order chi connectivity index (χ0) is 27.9. The molecule has 1 saturated heterocycles. The second-order valence-corrected chi connectivity index (χ2v) is 12.3. The minimum absolute atomic E-state index is 0.0338. The van der Waals surface area contributed by atoms with Crippen molar-refractivity contribution in [2.75, 3.05) is 30.8 Å². The number of likely N-dealkylation sites (tertiary alicyclic amines) is 1. The number of hydrogen-bond acceptors (Lipinski definition) is 5. The molecule has 0 atom stereocenters. The summed E-state index contributed by atoms with van der Waals surface area (Å²) < 4.78 is 11.7. The van der Waals surface area contributed by atoms with Crippen LogP contribution >= 0.6 is 0 Å². The fourth-order valence-corrected chi connectivity index (χ4v) is 5.94. The van der Waals surface area contributed by atoms with Gasteiger partial charge >= 0.3 is 6.03 Å². The van der Waals surface area contributed by atoms with Gasteiger partial charge < -0.3 is 25.0 Å². The van der Waals surface area contributed by atoms with E-state index in [1.54, 1.807) is 7.11 Å². The first-order valence-corrected chi connectivity index (χ1v) is 14.1. The largest absolute Gasteiger partial charge is 0.496 e. The molecular weight excluding hydrogens is 492 g/mol. The lowest BCUT2D eigenvalue weighted by atomic mass is 9.84. The third-order valence-corrected chi connectivity index (χ3v) is 8.65. The first kappa shape index (κ1) is 27.3. The zero-order valence-corrected chi connectivity index (χ0v) is 24.1. The number of fused-ring (bicyclic) bond motifs is 1. The van der Waals surface area contributed by atoms with Crippen molar-refractivity contribution in [2.24, 2.45) is 5.92 Å². The highest BCUT2D eigenvalue weighted by Gasteiger charge is 2.37. The molecule has 2 N–H and O–H groups in total. The van der Waals surface area contributed by atoms with E-state index in [0.717, 1.165) is 78.3 Å². The standard InChI is InChI=1S/C31H42N4O4/c1-19-7-10-22(15-28(19)38-6)32-29(36)21-8-11-23(12-9-21)35-18-25-20(2)27(14-13-26(25)33-30(35)37)39-24-16-34(17-24)31(3,4)5/h7,10,13-15,21,23-24H,8-9,11-12,16-18H2,1-6H3,(H,32,36)(H,33,37). The number of nitrogens with one attached hydrogen (secondary N) is 2. The Morgan fingerprint density at radius 1 is 1.03 bits per heavy atom. The Labute approximate surface area is 232 Å². The number of benzene rings is 2. The molecule has 8 heteroatoms. The number of anilines is 2. The number of aryl methyl sites for hydroxylation is 1. The number of methoxy groups -OCH3 is 1. The normalized spacial score (nSPS) is 22.0. The van der Waals surface area contributed by atoms with E-state index in [0.29, 0.717) is 6.54 Å². The SMILES string of the molecule is COc1cc(NC(=O)C2CCC(N3Cc4c(ccc(OC5CN(C(C)(C)C)C5)c4C)NC3=O)CC2)ccc1C. The smallest absolute Gasteiger partial charge is 0.322 e. The highest BCUT2D eigenvalue weighted by Crippen LogP contribution is 2.37. The molecular formula is C31H42N4O4. The van der Waals surface area contributed by atoms with Gasteiger partial charge in [-0.1, -0.05) is 6.07 Å². The number of rotatable bonds is 6. The molecule has 0 unspecified atom stereocenters. The summed E-state index contributed by atoms with van der Waals surface area (Å²) in [4.78, 5) is 30.4. The molecule has 3 amide bonds. The van der Waals surface area contributed by atoms with Crippen molar-refractivity contribution >= 4 is 23.3 Å². The van der Waals surface area contributed by atoms with Gasteiger partial charge in [0.2, 0.25) is 5.91 Å². The van der Waals surface area contributed by atoms with Crippen LogP contribution in [0.2, 0.25) is 0 Å². The molecule has 1 saturated carbocycles. The number of ether oxygens (including phenoxy) is 2. The molecule has 2 fully saturated rings. The van der Waals surface area contributed by atoms with Gasteiger partial charge in [-0.15, -0.1) is 0 Å². The highest BCUT2D eigenvalue weighted by atomic mass is 16.5. The van der Waals surface area contributed by atoms with Crippen LogP contribution in [0.3, 0.4) is 0 Å². The summed E-state index contributed by atoms with van der Waals surface area (Å²) in [5.41, 5.74) is 5.01. The van der Waals surface area contributed by atoms with Crippen LogP contribution in [0.4, 0.5) is 16.2 Å². The Morgan fingerprint density at radius 3 is 2.41 bits per heavy atom. The lowest BCUT2D eigenvalue weighted by Gasteiger charge is -2.47. The summed E-state index contributed by atoms with van der Waals surface area (Å²) in [6, 6.07) is 9.71. The van der Waals surface area contributed by atoms with Crippen LogP contribution < -0.4 is 20.1 Å². The van der Waals surface area contributed by atoms with Gasteiger partial charge in [-0.2, -0.15) is 0 Å². The van der Waals surface area contributed by atoms with Gasteiger partial charge in [0.25, 0.3) is 0 Å². The predicted molar refractivity (Wildman–Crippen MR) is 154 cm³/mol. The molecule has 0 aromatic heterocycles. The Bertz CT molecular complexity index is 1240. The molecule has 39 heavy (non-hydrogen) atoms. The van der Waals surface area contributed by atoms with Crippen molar-refractivity contribution in [3.8, 4) is 11.5 Å². The van der Waals surface area contributed by atoms with Crippen LogP contribution in [-0.4, -0.2) is 59.6 Å². The molecule has 3 aliphatic rings. The van der Waals surface area contributed by atoms with E-state index >= 15 is 0 Å². The fraction of sp³-hybridized carbons (Fsp3) is 0.548. The molecule has 2 heterocycles. The van der Waals surface area contributed by atoms with Crippen molar-refractivity contribution in [1.82, 2.24) is 9.80 Å². The molecule has 0 radical (unpaired) electrons. The molecule has 210 valence electrons. The summed E-state index contributed by atoms with van der Waals surface area (Å²) >= 11 is 0.